The van der Waals surface area contributed by atoms with Gasteiger partial charge in [0, 0.05) is 6.42 Å². The van der Waals surface area contributed by atoms with Gasteiger partial charge in [0.15, 0.2) is 11.4 Å². The van der Waals surface area contributed by atoms with Crippen molar-refractivity contribution in [1.82, 2.24) is 0 Å². The zero-order valence-electron chi connectivity index (χ0n) is 27.7. The normalized spacial score (nSPS) is 14.1. The van der Waals surface area contributed by atoms with E-state index in [-0.39, 0.29) is 6.42 Å². The van der Waals surface area contributed by atoms with E-state index in [0.717, 1.165) is 44.9 Å². The molecule has 0 bridgehead atoms. The van der Waals surface area contributed by atoms with Gasteiger partial charge in [-0.25, -0.2) is 0 Å². The van der Waals surface area contributed by atoms with E-state index in [1.54, 1.807) is 0 Å². The summed E-state index contributed by atoms with van der Waals surface area (Å²) in [5, 5.41) is 31.0. The minimum absolute atomic E-state index is 0.227. The highest BCUT2D eigenvalue weighted by molar-refractivity contribution is 5.87. The molecule has 0 amide bonds. The Morgan fingerprint density at radius 3 is 1.29 bits per heavy atom. The molecule has 244 valence electrons. The van der Waals surface area contributed by atoms with Crippen LogP contribution in [0.5, 0.6) is 0 Å². The quantitative estimate of drug-likeness (QED) is 0.0533. The zero-order valence-corrected chi connectivity index (χ0v) is 27.7. The Morgan fingerprint density at radius 2 is 0.902 bits per heavy atom. The van der Waals surface area contributed by atoms with E-state index in [2.05, 4.69) is 26.0 Å². The molecule has 2 atom stereocenters. The van der Waals surface area contributed by atoms with E-state index in [9.17, 15) is 20.1 Å². The Bertz CT molecular complexity index is 575. The number of unbranched alkanes of at least 4 members (excludes halogenated alkanes) is 24. The molecule has 0 fully saturated rings. The molecule has 4 heteroatoms. The van der Waals surface area contributed by atoms with Crippen molar-refractivity contribution in [2.24, 2.45) is 0 Å². The molecule has 0 aromatic rings. The highest BCUT2D eigenvalue weighted by Crippen LogP contribution is 2.22. The first kappa shape index (κ1) is 40.3. The molecule has 0 aliphatic heterocycles. The number of allylic oxidation sites excluding steroid dienone is 2. The van der Waals surface area contributed by atoms with E-state index in [4.69, 9.17) is 0 Å². The molecule has 41 heavy (non-hydrogen) atoms. The summed E-state index contributed by atoms with van der Waals surface area (Å²) < 4.78 is 0. The van der Waals surface area contributed by atoms with Gasteiger partial charge in [0.25, 0.3) is 0 Å². The molecular weight excluding hydrogens is 508 g/mol. The summed E-state index contributed by atoms with van der Waals surface area (Å²) in [6.45, 7) is 3.82. The predicted octanol–water partition coefficient (Wildman–Crippen LogP) is 10.5. The van der Waals surface area contributed by atoms with E-state index in [1.165, 1.54) is 122 Å². The number of rotatable bonds is 33. The minimum Gasteiger partial charge on any atom is -0.393 e. The van der Waals surface area contributed by atoms with Crippen LogP contribution in [0.25, 0.3) is 0 Å². The van der Waals surface area contributed by atoms with Crippen molar-refractivity contribution in [3.8, 4) is 0 Å². The maximum Gasteiger partial charge on any atom is 0.171 e. The number of aliphatic hydroxyl groups is 3. The Balaban J connectivity index is 3.73. The zero-order chi connectivity index (χ0) is 30.3. The van der Waals surface area contributed by atoms with Crippen LogP contribution >= 0.6 is 0 Å². The second kappa shape index (κ2) is 30.7. The van der Waals surface area contributed by atoms with Crippen LogP contribution in [0.3, 0.4) is 0 Å². The molecule has 0 radical (unpaired) electrons. The summed E-state index contributed by atoms with van der Waals surface area (Å²) in [5.41, 5.74) is -2.00. The number of hydrogen-bond acceptors (Lipinski definition) is 4. The van der Waals surface area contributed by atoms with Gasteiger partial charge in [-0.1, -0.05) is 167 Å². The number of carbonyl (C=O) groups is 1. The van der Waals surface area contributed by atoms with Gasteiger partial charge in [0.1, 0.15) is 0 Å². The van der Waals surface area contributed by atoms with Gasteiger partial charge < -0.3 is 15.3 Å². The Hall–Kier alpha value is -0.710. The van der Waals surface area contributed by atoms with Gasteiger partial charge in [0.05, 0.1) is 12.7 Å². The lowest BCUT2D eigenvalue weighted by molar-refractivity contribution is -0.158. The standard InChI is InChI=1S/C37H72O4/c1-3-5-7-9-11-13-15-17-19-21-23-25-27-29-31-33-36(40)37(41,34-38)35(39)32-30-28-26-24-22-20-18-16-14-12-10-8-6-4-2/h17,19,35,38-39,41H,3-16,18,20-34H2,1-2H3/b19-17-. The maximum atomic E-state index is 12.6. The fourth-order valence-corrected chi connectivity index (χ4v) is 5.72. The summed E-state index contributed by atoms with van der Waals surface area (Å²) in [6.07, 6.45) is 37.2. The minimum atomic E-state index is -2.00. The van der Waals surface area contributed by atoms with Gasteiger partial charge in [0.2, 0.25) is 0 Å². The lowest BCUT2D eigenvalue weighted by Crippen LogP contribution is -2.52. The highest BCUT2D eigenvalue weighted by atomic mass is 16.4. The third kappa shape index (κ3) is 24.4. The predicted molar refractivity (Wildman–Crippen MR) is 177 cm³/mol. The van der Waals surface area contributed by atoms with Crippen LogP contribution in [0.4, 0.5) is 0 Å². The van der Waals surface area contributed by atoms with Crippen LogP contribution in [0.1, 0.15) is 200 Å². The summed E-state index contributed by atoms with van der Waals surface area (Å²) in [7, 11) is 0. The van der Waals surface area contributed by atoms with Crippen molar-refractivity contribution in [2.75, 3.05) is 6.61 Å². The van der Waals surface area contributed by atoms with Crippen molar-refractivity contribution in [3.05, 3.63) is 12.2 Å². The lowest BCUT2D eigenvalue weighted by atomic mass is 9.86. The third-order valence-corrected chi connectivity index (χ3v) is 8.77. The number of ketones is 1. The van der Waals surface area contributed by atoms with Gasteiger partial charge in [-0.2, -0.15) is 0 Å². The number of aliphatic hydroxyl groups excluding tert-OH is 2. The Morgan fingerprint density at radius 1 is 0.561 bits per heavy atom. The lowest BCUT2D eigenvalue weighted by Gasteiger charge is -2.30. The molecule has 0 aromatic heterocycles. The second-order valence-electron chi connectivity index (χ2n) is 12.7. The smallest absolute Gasteiger partial charge is 0.171 e. The summed E-state index contributed by atoms with van der Waals surface area (Å²) in [4.78, 5) is 12.6. The van der Waals surface area contributed by atoms with E-state index < -0.39 is 24.1 Å². The molecule has 2 unspecified atom stereocenters. The van der Waals surface area contributed by atoms with Gasteiger partial charge >= 0.3 is 0 Å². The molecule has 0 aliphatic rings. The molecule has 3 N–H and O–H groups in total. The Kier molecular flexibility index (Phi) is 30.2. The third-order valence-electron chi connectivity index (χ3n) is 8.77. The molecule has 0 rings (SSSR count). The molecule has 0 aliphatic carbocycles. The van der Waals surface area contributed by atoms with Crippen LogP contribution in [0, 0.1) is 0 Å². The Labute approximate surface area is 256 Å². The average molecular weight is 581 g/mol. The maximum absolute atomic E-state index is 12.6. The molecule has 0 spiro atoms. The first-order chi connectivity index (χ1) is 20.0. The summed E-state index contributed by atoms with van der Waals surface area (Å²) >= 11 is 0. The molecule has 0 aromatic carbocycles. The fourth-order valence-electron chi connectivity index (χ4n) is 5.72. The monoisotopic (exact) mass is 581 g/mol. The average Bonchev–Trinajstić information content (AvgIpc) is 2.98. The van der Waals surface area contributed by atoms with Gasteiger partial charge in [-0.15, -0.1) is 0 Å². The molecule has 0 heterocycles. The first-order valence-corrected chi connectivity index (χ1v) is 18.2. The fraction of sp³-hybridized carbons (Fsp3) is 0.919. The molecule has 0 saturated carbocycles. The van der Waals surface area contributed by atoms with Crippen molar-refractivity contribution in [1.29, 1.82) is 0 Å². The van der Waals surface area contributed by atoms with Crippen LogP contribution in [-0.4, -0.2) is 39.4 Å². The van der Waals surface area contributed by atoms with Crippen LogP contribution < -0.4 is 0 Å². The molecule has 0 saturated heterocycles. The summed E-state index contributed by atoms with van der Waals surface area (Å²) in [6, 6.07) is 0. The van der Waals surface area contributed by atoms with Crippen LogP contribution in [0.15, 0.2) is 12.2 Å². The van der Waals surface area contributed by atoms with E-state index in [1.807, 2.05) is 0 Å². The van der Waals surface area contributed by atoms with Crippen LogP contribution in [-0.2, 0) is 4.79 Å². The van der Waals surface area contributed by atoms with Gasteiger partial charge in [-0.05, 0) is 38.5 Å². The largest absolute Gasteiger partial charge is 0.393 e. The number of carbonyl (C=O) groups excluding carboxylic acids is 1. The van der Waals surface area contributed by atoms with Crippen molar-refractivity contribution >= 4 is 5.78 Å². The van der Waals surface area contributed by atoms with E-state index in [0.29, 0.717) is 12.8 Å². The number of Topliss-reactive ketones (excluding diaryl/α,β-unsaturated/α-hetero) is 1. The first-order valence-electron chi connectivity index (χ1n) is 18.2. The molecular formula is C37H72O4. The van der Waals surface area contributed by atoms with Crippen molar-refractivity contribution < 1.29 is 20.1 Å². The SMILES string of the molecule is CCCCCCCC/C=C\CCCCCCCC(=O)C(O)(CO)C(O)CCCCCCCCCCCCCCCC. The van der Waals surface area contributed by atoms with Crippen molar-refractivity contribution in [3.63, 3.8) is 0 Å². The number of hydrogen-bond donors (Lipinski definition) is 3. The van der Waals surface area contributed by atoms with Crippen LogP contribution in [0.2, 0.25) is 0 Å². The molecule has 4 nitrogen and oxygen atoms in total. The van der Waals surface area contributed by atoms with E-state index >= 15 is 0 Å². The highest BCUT2D eigenvalue weighted by Gasteiger charge is 2.41. The van der Waals surface area contributed by atoms with Crippen molar-refractivity contribution in [2.45, 2.75) is 212 Å². The topological polar surface area (TPSA) is 77.8 Å². The second-order valence-corrected chi connectivity index (χ2v) is 12.7. The van der Waals surface area contributed by atoms with Gasteiger partial charge in [-0.3, -0.25) is 4.79 Å². The summed E-state index contributed by atoms with van der Waals surface area (Å²) in [5.74, 6) is -0.407.